The van der Waals surface area contributed by atoms with Crippen molar-refractivity contribution in [1.82, 2.24) is 14.9 Å². The normalized spacial score (nSPS) is 21.8. The van der Waals surface area contributed by atoms with Crippen molar-refractivity contribution in [2.45, 2.75) is 18.6 Å². The molecule has 2 aliphatic rings. The summed E-state index contributed by atoms with van der Waals surface area (Å²) >= 11 is 0. The van der Waals surface area contributed by atoms with E-state index in [4.69, 9.17) is 26.0 Å². The number of nitrogen functional groups attached to an aromatic ring is 2. The van der Waals surface area contributed by atoms with Gasteiger partial charge in [-0.05, 0) is 17.2 Å². The van der Waals surface area contributed by atoms with Gasteiger partial charge >= 0.3 is 5.97 Å². The van der Waals surface area contributed by atoms with Gasteiger partial charge < -0.3 is 26.0 Å². The number of benzene rings is 1. The second kappa shape index (κ2) is 7.69. The lowest BCUT2D eigenvalue weighted by atomic mass is 9.97. The topological polar surface area (TPSA) is 137 Å². The van der Waals surface area contributed by atoms with Gasteiger partial charge in [-0.15, -0.1) is 0 Å². The van der Waals surface area contributed by atoms with Crippen LogP contribution in [0.5, 0.6) is 5.88 Å². The average Bonchev–Trinajstić information content (AvgIpc) is 2.91. The van der Waals surface area contributed by atoms with Crippen LogP contribution in [0.4, 0.5) is 11.8 Å². The largest absolute Gasteiger partial charge is 0.478 e. The van der Waals surface area contributed by atoms with Gasteiger partial charge in [-0.2, -0.15) is 9.97 Å². The molecule has 152 valence electrons. The Labute approximate surface area is 167 Å². The lowest BCUT2D eigenvalue weighted by Crippen LogP contribution is -2.48. The SMILES string of the molecule is Nc1nc(N)c2c(n1)O[C@@]1(COCCN(Cc3ccc(/C=C/C(=O)O)cc3)C1)C2. The molecule has 9 heteroatoms. The first-order valence-electron chi connectivity index (χ1n) is 9.33. The number of anilines is 2. The van der Waals surface area contributed by atoms with Crippen molar-refractivity contribution in [2.24, 2.45) is 0 Å². The zero-order valence-electron chi connectivity index (χ0n) is 15.9. The molecular formula is C20H23N5O4. The van der Waals surface area contributed by atoms with Gasteiger partial charge in [-0.25, -0.2) is 4.79 Å². The number of nitrogens with two attached hydrogens (primary N) is 2. The molecule has 1 fully saturated rings. The predicted octanol–water partition coefficient (Wildman–Crippen LogP) is 0.945. The van der Waals surface area contributed by atoms with E-state index >= 15 is 0 Å². The van der Waals surface area contributed by atoms with Gasteiger partial charge in [0, 0.05) is 32.1 Å². The quantitative estimate of drug-likeness (QED) is 0.644. The van der Waals surface area contributed by atoms with Crippen molar-refractivity contribution in [3.05, 3.63) is 47.0 Å². The predicted molar refractivity (Wildman–Crippen MR) is 107 cm³/mol. The standard InChI is InChI=1S/C20H23N5O4/c21-17-15-9-20(29-18(15)24-19(22)23-17)11-25(7-8-28-12-20)10-14-3-1-13(2-4-14)5-6-16(26)27/h1-6H,7-12H2,(H,26,27)(H4,21,22,23,24)/b6-5+/t20-/m0/s1. The highest BCUT2D eigenvalue weighted by atomic mass is 16.6. The Morgan fingerprint density at radius 3 is 2.83 bits per heavy atom. The Morgan fingerprint density at radius 2 is 2.07 bits per heavy atom. The zero-order chi connectivity index (χ0) is 20.4. The van der Waals surface area contributed by atoms with Gasteiger partial charge in [0.05, 0.1) is 18.8 Å². The fraction of sp³-hybridized carbons (Fsp3) is 0.350. The second-order valence-electron chi connectivity index (χ2n) is 7.39. The van der Waals surface area contributed by atoms with Crippen LogP contribution in [0.2, 0.25) is 0 Å². The van der Waals surface area contributed by atoms with Gasteiger partial charge in [0.15, 0.2) is 5.60 Å². The van der Waals surface area contributed by atoms with Crippen LogP contribution in [-0.2, 0) is 22.5 Å². The van der Waals surface area contributed by atoms with E-state index in [-0.39, 0.29) is 5.95 Å². The van der Waals surface area contributed by atoms with Crippen LogP contribution in [0.1, 0.15) is 16.7 Å². The minimum atomic E-state index is -0.964. The van der Waals surface area contributed by atoms with Gasteiger partial charge in [-0.3, -0.25) is 4.90 Å². The number of fused-ring (bicyclic) bond motifs is 1. The summed E-state index contributed by atoms with van der Waals surface area (Å²) in [5.74, 6) is -0.0736. The van der Waals surface area contributed by atoms with Crippen molar-refractivity contribution in [3.8, 4) is 5.88 Å². The van der Waals surface area contributed by atoms with Crippen LogP contribution in [0.15, 0.2) is 30.3 Å². The minimum Gasteiger partial charge on any atom is -0.478 e. The Kier molecular flexibility index (Phi) is 5.08. The van der Waals surface area contributed by atoms with E-state index in [1.807, 2.05) is 24.3 Å². The first-order chi connectivity index (χ1) is 13.9. The number of carboxylic acid groups (broad SMARTS) is 1. The maximum Gasteiger partial charge on any atom is 0.328 e. The summed E-state index contributed by atoms with van der Waals surface area (Å²) in [5, 5.41) is 8.73. The molecule has 2 aromatic rings. The Balaban J connectivity index is 1.47. The van der Waals surface area contributed by atoms with Crippen LogP contribution in [0.3, 0.4) is 0 Å². The summed E-state index contributed by atoms with van der Waals surface area (Å²) in [6.45, 7) is 3.19. The highest BCUT2D eigenvalue weighted by Crippen LogP contribution is 2.38. The van der Waals surface area contributed by atoms with Gasteiger partial charge in [0.1, 0.15) is 5.82 Å². The molecule has 0 bridgehead atoms. The van der Waals surface area contributed by atoms with E-state index in [1.54, 1.807) is 6.08 Å². The second-order valence-corrected chi connectivity index (χ2v) is 7.39. The third kappa shape index (κ3) is 4.30. The highest BCUT2D eigenvalue weighted by molar-refractivity contribution is 5.85. The summed E-state index contributed by atoms with van der Waals surface area (Å²) in [5.41, 5.74) is 13.9. The zero-order valence-corrected chi connectivity index (χ0v) is 15.9. The number of carboxylic acids is 1. The van der Waals surface area contributed by atoms with Crippen molar-refractivity contribution in [3.63, 3.8) is 0 Å². The molecule has 1 aromatic heterocycles. The molecule has 1 saturated heterocycles. The summed E-state index contributed by atoms with van der Waals surface area (Å²) in [6, 6.07) is 7.79. The molecule has 1 spiro atoms. The van der Waals surface area contributed by atoms with Crippen LogP contribution in [-0.4, -0.2) is 57.8 Å². The number of carbonyl (C=O) groups is 1. The molecule has 0 unspecified atom stereocenters. The molecule has 0 radical (unpaired) electrons. The smallest absolute Gasteiger partial charge is 0.328 e. The van der Waals surface area contributed by atoms with Crippen molar-refractivity contribution < 1.29 is 19.4 Å². The molecule has 9 nitrogen and oxygen atoms in total. The van der Waals surface area contributed by atoms with E-state index in [9.17, 15) is 4.79 Å². The molecule has 4 rings (SSSR count). The summed E-state index contributed by atoms with van der Waals surface area (Å²) < 4.78 is 12.0. The molecule has 0 aliphatic carbocycles. The fourth-order valence-electron chi connectivity index (χ4n) is 3.76. The molecular weight excluding hydrogens is 374 g/mol. The Morgan fingerprint density at radius 1 is 1.28 bits per heavy atom. The molecule has 1 aromatic carbocycles. The van der Waals surface area contributed by atoms with Gasteiger partial charge in [0.2, 0.25) is 11.8 Å². The van der Waals surface area contributed by atoms with Gasteiger partial charge in [0.25, 0.3) is 0 Å². The van der Waals surface area contributed by atoms with Crippen LogP contribution in [0.25, 0.3) is 6.08 Å². The monoisotopic (exact) mass is 397 g/mol. The third-order valence-corrected chi connectivity index (χ3v) is 5.06. The van der Waals surface area contributed by atoms with Crippen LogP contribution in [0, 0.1) is 0 Å². The Hall–Kier alpha value is -3.17. The molecule has 3 heterocycles. The maximum absolute atomic E-state index is 10.6. The Bertz CT molecular complexity index is 947. The summed E-state index contributed by atoms with van der Waals surface area (Å²) in [6.07, 6.45) is 3.27. The number of ether oxygens (including phenoxy) is 2. The van der Waals surface area contributed by atoms with E-state index in [0.717, 1.165) is 35.9 Å². The lowest BCUT2D eigenvalue weighted by Gasteiger charge is -2.31. The number of hydrogen-bond acceptors (Lipinski definition) is 8. The molecule has 2 aliphatic heterocycles. The fourth-order valence-corrected chi connectivity index (χ4v) is 3.76. The van der Waals surface area contributed by atoms with E-state index in [0.29, 0.717) is 37.9 Å². The highest BCUT2D eigenvalue weighted by Gasteiger charge is 2.44. The first-order valence-corrected chi connectivity index (χ1v) is 9.33. The molecule has 29 heavy (non-hydrogen) atoms. The molecule has 1 atom stereocenters. The van der Waals surface area contributed by atoms with Crippen molar-refractivity contribution in [2.75, 3.05) is 37.8 Å². The summed E-state index contributed by atoms with van der Waals surface area (Å²) in [4.78, 5) is 21.1. The minimum absolute atomic E-state index is 0.0988. The number of rotatable bonds is 4. The first kappa shape index (κ1) is 19.2. The number of hydrogen-bond donors (Lipinski definition) is 3. The molecule has 0 saturated carbocycles. The summed E-state index contributed by atoms with van der Waals surface area (Å²) in [7, 11) is 0. The maximum atomic E-state index is 10.6. The van der Waals surface area contributed by atoms with Crippen LogP contribution < -0.4 is 16.2 Å². The third-order valence-electron chi connectivity index (χ3n) is 5.06. The lowest BCUT2D eigenvalue weighted by molar-refractivity contribution is -0.131. The average molecular weight is 397 g/mol. The molecule has 5 N–H and O–H groups in total. The van der Waals surface area contributed by atoms with Gasteiger partial charge in [-0.1, -0.05) is 24.3 Å². The van der Waals surface area contributed by atoms with E-state index in [1.165, 1.54) is 0 Å². The van der Waals surface area contributed by atoms with Crippen molar-refractivity contribution >= 4 is 23.8 Å². The van der Waals surface area contributed by atoms with Crippen LogP contribution >= 0.6 is 0 Å². The van der Waals surface area contributed by atoms with E-state index < -0.39 is 11.6 Å². The van der Waals surface area contributed by atoms with E-state index in [2.05, 4.69) is 14.9 Å². The number of aliphatic carboxylic acids is 1. The van der Waals surface area contributed by atoms with Crippen molar-refractivity contribution in [1.29, 1.82) is 0 Å². The number of nitrogens with zero attached hydrogens (tertiary/aromatic N) is 3. The molecule has 0 amide bonds. The number of aromatic nitrogens is 2.